The van der Waals surface area contributed by atoms with Crippen LogP contribution >= 0.6 is 11.6 Å². The van der Waals surface area contributed by atoms with Crippen LogP contribution in [0.3, 0.4) is 0 Å². The average molecular weight is 226 g/mol. The summed E-state index contributed by atoms with van der Waals surface area (Å²) < 4.78 is 0. The zero-order valence-corrected chi connectivity index (χ0v) is 10.1. The number of unbranched alkanes of at least 4 members (excludes halogenated alkanes) is 3. The van der Waals surface area contributed by atoms with Crippen LogP contribution in [0.1, 0.15) is 50.6 Å². The van der Waals surface area contributed by atoms with Gasteiger partial charge in [-0.1, -0.05) is 56.3 Å². The van der Waals surface area contributed by atoms with Crippen LogP contribution in [0.5, 0.6) is 0 Å². The second kappa shape index (κ2) is 6.86. The van der Waals surface area contributed by atoms with Crippen molar-refractivity contribution in [2.75, 3.05) is 0 Å². The van der Waals surface area contributed by atoms with Gasteiger partial charge in [0.05, 0.1) is 0 Å². The van der Waals surface area contributed by atoms with Crippen LogP contribution in [0.2, 0.25) is 5.02 Å². The number of rotatable bonds is 6. The summed E-state index contributed by atoms with van der Waals surface area (Å²) in [5, 5.41) is 0.775. The van der Waals surface area contributed by atoms with E-state index in [1.54, 1.807) is 0 Å². The summed E-state index contributed by atoms with van der Waals surface area (Å²) in [5.74, 6) is 0. The summed E-state index contributed by atoms with van der Waals surface area (Å²) in [6.45, 7) is 2.22. The lowest BCUT2D eigenvalue weighted by Gasteiger charge is -2.11. The SMILES string of the molecule is CCCCCCC(N)c1cccc(Cl)c1. The molecule has 15 heavy (non-hydrogen) atoms. The first-order chi connectivity index (χ1) is 7.24. The van der Waals surface area contributed by atoms with Gasteiger partial charge in [-0.25, -0.2) is 0 Å². The molecular weight excluding hydrogens is 206 g/mol. The third kappa shape index (κ3) is 4.67. The van der Waals surface area contributed by atoms with Crippen LogP contribution in [-0.2, 0) is 0 Å². The molecule has 0 aliphatic carbocycles. The largest absolute Gasteiger partial charge is 0.324 e. The normalized spacial score (nSPS) is 12.7. The third-order valence-electron chi connectivity index (χ3n) is 2.65. The Labute approximate surface area is 97.6 Å². The van der Waals surface area contributed by atoms with E-state index in [0.717, 1.165) is 17.0 Å². The quantitative estimate of drug-likeness (QED) is 0.718. The van der Waals surface area contributed by atoms with Crippen molar-refractivity contribution in [3.63, 3.8) is 0 Å². The number of nitrogens with two attached hydrogens (primary N) is 1. The molecule has 0 aliphatic heterocycles. The first-order valence-electron chi connectivity index (χ1n) is 5.75. The van der Waals surface area contributed by atoms with Gasteiger partial charge in [-0.3, -0.25) is 0 Å². The van der Waals surface area contributed by atoms with E-state index >= 15 is 0 Å². The predicted molar refractivity (Wildman–Crippen MR) is 67.1 cm³/mol. The van der Waals surface area contributed by atoms with Crippen molar-refractivity contribution in [2.45, 2.75) is 45.1 Å². The van der Waals surface area contributed by atoms with Crippen LogP contribution in [0, 0.1) is 0 Å². The maximum atomic E-state index is 6.09. The van der Waals surface area contributed by atoms with Gasteiger partial charge in [0.2, 0.25) is 0 Å². The van der Waals surface area contributed by atoms with Gasteiger partial charge in [-0.2, -0.15) is 0 Å². The molecule has 1 unspecified atom stereocenters. The lowest BCUT2D eigenvalue weighted by molar-refractivity contribution is 0.566. The highest BCUT2D eigenvalue weighted by Gasteiger charge is 2.05. The number of halogens is 1. The number of benzene rings is 1. The standard InChI is InChI=1S/C13H20ClN/c1-2-3-4-5-9-13(15)11-7-6-8-12(14)10-11/h6-8,10,13H,2-5,9,15H2,1H3. The van der Waals surface area contributed by atoms with Crippen molar-refractivity contribution >= 4 is 11.6 Å². The van der Waals surface area contributed by atoms with E-state index in [2.05, 4.69) is 13.0 Å². The fourth-order valence-electron chi connectivity index (χ4n) is 1.69. The molecule has 84 valence electrons. The molecule has 0 aliphatic rings. The van der Waals surface area contributed by atoms with Crippen LogP contribution in [0.25, 0.3) is 0 Å². The average Bonchev–Trinajstić information content (AvgIpc) is 2.24. The maximum Gasteiger partial charge on any atom is 0.0409 e. The van der Waals surface area contributed by atoms with Crippen molar-refractivity contribution in [2.24, 2.45) is 5.73 Å². The first kappa shape index (κ1) is 12.5. The molecule has 1 rings (SSSR count). The minimum atomic E-state index is 0.139. The Morgan fingerprint density at radius 1 is 1.27 bits per heavy atom. The van der Waals surface area contributed by atoms with E-state index in [-0.39, 0.29) is 6.04 Å². The van der Waals surface area contributed by atoms with Gasteiger partial charge in [0.15, 0.2) is 0 Å². The summed E-state index contributed by atoms with van der Waals surface area (Å²) >= 11 is 5.92. The lowest BCUT2D eigenvalue weighted by Crippen LogP contribution is -2.09. The summed E-state index contributed by atoms with van der Waals surface area (Å²) in [5.41, 5.74) is 7.24. The second-order valence-corrected chi connectivity index (χ2v) is 4.45. The highest BCUT2D eigenvalue weighted by molar-refractivity contribution is 6.30. The molecule has 0 aromatic heterocycles. The predicted octanol–water partition coefficient (Wildman–Crippen LogP) is 4.31. The van der Waals surface area contributed by atoms with Gasteiger partial charge in [-0.05, 0) is 24.1 Å². The number of hydrogen-bond donors (Lipinski definition) is 1. The molecule has 1 nitrogen and oxygen atoms in total. The summed E-state index contributed by atoms with van der Waals surface area (Å²) in [6, 6.07) is 8.00. The van der Waals surface area contributed by atoms with E-state index in [4.69, 9.17) is 17.3 Å². The van der Waals surface area contributed by atoms with E-state index in [9.17, 15) is 0 Å². The molecule has 0 saturated heterocycles. The highest BCUT2D eigenvalue weighted by atomic mass is 35.5. The zero-order chi connectivity index (χ0) is 11.1. The molecule has 1 aromatic carbocycles. The molecule has 0 radical (unpaired) electrons. The van der Waals surface area contributed by atoms with Gasteiger partial charge in [0, 0.05) is 11.1 Å². The first-order valence-corrected chi connectivity index (χ1v) is 6.13. The second-order valence-electron chi connectivity index (χ2n) is 4.01. The number of hydrogen-bond acceptors (Lipinski definition) is 1. The Kier molecular flexibility index (Phi) is 5.74. The monoisotopic (exact) mass is 225 g/mol. The Morgan fingerprint density at radius 3 is 2.73 bits per heavy atom. The van der Waals surface area contributed by atoms with E-state index < -0.39 is 0 Å². The summed E-state index contributed by atoms with van der Waals surface area (Å²) in [4.78, 5) is 0. The van der Waals surface area contributed by atoms with E-state index in [1.807, 2.05) is 18.2 Å². The minimum absolute atomic E-state index is 0.139. The van der Waals surface area contributed by atoms with Crippen molar-refractivity contribution < 1.29 is 0 Å². The molecule has 2 N–H and O–H groups in total. The summed E-state index contributed by atoms with van der Waals surface area (Å²) in [7, 11) is 0. The molecule has 0 bridgehead atoms. The molecule has 0 saturated carbocycles. The molecule has 0 fully saturated rings. The molecule has 2 heteroatoms. The van der Waals surface area contributed by atoms with Gasteiger partial charge in [0.25, 0.3) is 0 Å². The van der Waals surface area contributed by atoms with Crippen molar-refractivity contribution in [1.29, 1.82) is 0 Å². The van der Waals surface area contributed by atoms with Crippen LogP contribution < -0.4 is 5.73 Å². The Hall–Kier alpha value is -0.530. The van der Waals surface area contributed by atoms with Crippen molar-refractivity contribution in [1.82, 2.24) is 0 Å². The Morgan fingerprint density at radius 2 is 2.07 bits per heavy atom. The lowest BCUT2D eigenvalue weighted by atomic mass is 10.0. The van der Waals surface area contributed by atoms with Gasteiger partial charge >= 0.3 is 0 Å². The third-order valence-corrected chi connectivity index (χ3v) is 2.88. The smallest absolute Gasteiger partial charge is 0.0409 e. The molecule has 0 amide bonds. The van der Waals surface area contributed by atoms with Crippen molar-refractivity contribution in [3.8, 4) is 0 Å². The molecule has 1 atom stereocenters. The topological polar surface area (TPSA) is 26.0 Å². The maximum absolute atomic E-state index is 6.09. The highest BCUT2D eigenvalue weighted by Crippen LogP contribution is 2.20. The van der Waals surface area contributed by atoms with Gasteiger partial charge in [-0.15, -0.1) is 0 Å². The summed E-state index contributed by atoms with van der Waals surface area (Å²) in [6.07, 6.45) is 6.13. The van der Waals surface area contributed by atoms with Crippen LogP contribution in [-0.4, -0.2) is 0 Å². The molecular formula is C13H20ClN. The van der Waals surface area contributed by atoms with Gasteiger partial charge in [0.1, 0.15) is 0 Å². The van der Waals surface area contributed by atoms with E-state index in [0.29, 0.717) is 0 Å². The molecule has 0 spiro atoms. The van der Waals surface area contributed by atoms with Crippen LogP contribution in [0.4, 0.5) is 0 Å². The molecule has 0 heterocycles. The zero-order valence-electron chi connectivity index (χ0n) is 9.38. The van der Waals surface area contributed by atoms with Crippen LogP contribution in [0.15, 0.2) is 24.3 Å². The minimum Gasteiger partial charge on any atom is -0.324 e. The fraction of sp³-hybridized carbons (Fsp3) is 0.538. The Balaban J connectivity index is 2.36. The molecule has 1 aromatic rings. The fourth-order valence-corrected chi connectivity index (χ4v) is 1.89. The van der Waals surface area contributed by atoms with Gasteiger partial charge < -0.3 is 5.73 Å². The Bertz CT molecular complexity index is 286. The van der Waals surface area contributed by atoms with E-state index in [1.165, 1.54) is 25.7 Å². The van der Waals surface area contributed by atoms with Crippen molar-refractivity contribution in [3.05, 3.63) is 34.9 Å².